The van der Waals surface area contributed by atoms with Crippen molar-refractivity contribution in [3.63, 3.8) is 0 Å². The number of aliphatic hydroxyl groups excluding tert-OH is 1. The van der Waals surface area contributed by atoms with Gasteiger partial charge in [0.15, 0.2) is 0 Å². The molecular formula is C21H25FN2O3. The first-order valence-corrected chi connectivity index (χ1v) is 8.97. The minimum atomic E-state index is -0.562. The van der Waals surface area contributed by atoms with E-state index in [4.69, 9.17) is 9.72 Å². The normalized spacial score (nSPS) is 16.3. The van der Waals surface area contributed by atoms with E-state index in [1.807, 2.05) is 19.9 Å². The fraction of sp³-hybridized carbons (Fsp3) is 0.429. The molecule has 0 spiro atoms. The SMILES string of the molecule is COC(CO)c1nc2c(cc1Cc1ccc(F)cc1)N(C(C)=O)CC2(C)C. The number of methoxy groups -OCH3 is 1. The van der Waals surface area contributed by atoms with E-state index in [1.165, 1.54) is 19.2 Å². The Kier molecular flexibility index (Phi) is 5.31. The summed E-state index contributed by atoms with van der Waals surface area (Å²) in [5.41, 5.74) is 3.75. The van der Waals surface area contributed by atoms with Crippen molar-refractivity contribution < 1.29 is 19.0 Å². The maximum Gasteiger partial charge on any atom is 0.223 e. The highest BCUT2D eigenvalue weighted by atomic mass is 19.1. The van der Waals surface area contributed by atoms with Gasteiger partial charge in [-0.25, -0.2) is 4.39 Å². The maximum absolute atomic E-state index is 13.2. The summed E-state index contributed by atoms with van der Waals surface area (Å²) in [6.45, 7) is 6.00. The molecule has 1 amide bonds. The van der Waals surface area contributed by atoms with Gasteiger partial charge in [0.1, 0.15) is 11.9 Å². The molecule has 0 saturated carbocycles. The van der Waals surface area contributed by atoms with E-state index in [0.29, 0.717) is 18.7 Å². The zero-order chi connectivity index (χ0) is 19.8. The van der Waals surface area contributed by atoms with Crippen LogP contribution in [0.3, 0.4) is 0 Å². The molecule has 1 unspecified atom stereocenters. The fourth-order valence-electron chi connectivity index (χ4n) is 3.61. The molecule has 2 aromatic rings. The van der Waals surface area contributed by atoms with Gasteiger partial charge in [-0.15, -0.1) is 0 Å². The lowest BCUT2D eigenvalue weighted by Gasteiger charge is -2.21. The van der Waals surface area contributed by atoms with Gasteiger partial charge in [0, 0.05) is 26.0 Å². The van der Waals surface area contributed by atoms with E-state index in [2.05, 4.69) is 0 Å². The number of fused-ring (bicyclic) bond motifs is 1. The number of anilines is 1. The molecule has 0 aliphatic carbocycles. The van der Waals surface area contributed by atoms with E-state index in [9.17, 15) is 14.3 Å². The van der Waals surface area contributed by atoms with Crippen molar-refractivity contribution in [2.75, 3.05) is 25.2 Å². The van der Waals surface area contributed by atoms with Crippen LogP contribution in [-0.2, 0) is 21.4 Å². The number of rotatable bonds is 5. The highest BCUT2D eigenvalue weighted by Gasteiger charge is 2.39. The topological polar surface area (TPSA) is 62.7 Å². The Hall–Kier alpha value is -2.31. The second-order valence-electron chi connectivity index (χ2n) is 7.60. The van der Waals surface area contributed by atoms with Crippen molar-refractivity contribution in [1.82, 2.24) is 4.98 Å². The van der Waals surface area contributed by atoms with Crippen LogP contribution in [-0.4, -0.2) is 36.3 Å². The van der Waals surface area contributed by atoms with Crippen LogP contribution in [0.15, 0.2) is 30.3 Å². The van der Waals surface area contributed by atoms with Crippen LogP contribution < -0.4 is 4.90 Å². The molecule has 0 fully saturated rings. The number of nitrogens with zero attached hydrogens (tertiary/aromatic N) is 2. The number of ether oxygens (including phenoxy) is 1. The Morgan fingerprint density at radius 3 is 2.59 bits per heavy atom. The first-order chi connectivity index (χ1) is 12.8. The molecule has 5 nitrogen and oxygen atoms in total. The number of carbonyl (C=O) groups is 1. The average Bonchev–Trinajstić information content (AvgIpc) is 2.89. The second kappa shape index (κ2) is 7.37. The molecule has 144 valence electrons. The molecular weight excluding hydrogens is 347 g/mol. The Morgan fingerprint density at radius 1 is 1.37 bits per heavy atom. The molecule has 6 heteroatoms. The summed E-state index contributed by atoms with van der Waals surface area (Å²) in [6.07, 6.45) is -0.0602. The highest BCUT2D eigenvalue weighted by Crippen LogP contribution is 2.41. The number of carbonyl (C=O) groups excluding carboxylic acids is 1. The lowest BCUT2D eigenvalue weighted by Crippen LogP contribution is -2.32. The van der Waals surface area contributed by atoms with Crippen LogP contribution >= 0.6 is 0 Å². The Bertz CT molecular complexity index is 845. The van der Waals surface area contributed by atoms with E-state index >= 15 is 0 Å². The van der Waals surface area contributed by atoms with Crippen molar-refractivity contribution in [1.29, 1.82) is 0 Å². The van der Waals surface area contributed by atoms with Crippen molar-refractivity contribution in [3.05, 3.63) is 58.7 Å². The van der Waals surface area contributed by atoms with Crippen LogP contribution in [0.5, 0.6) is 0 Å². The summed E-state index contributed by atoms with van der Waals surface area (Å²) in [5.74, 6) is -0.324. The van der Waals surface area contributed by atoms with Crippen molar-refractivity contribution in [2.45, 2.75) is 38.7 Å². The van der Waals surface area contributed by atoms with E-state index in [-0.39, 0.29) is 23.7 Å². The largest absolute Gasteiger partial charge is 0.393 e. The van der Waals surface area contributed by atoms with E-state index < -0.39 is 6.10 Å². The Labute approximate surface area is 158 Å². The molecule has 1 aromatic heterocycles. The zero-order valence-electron chi connectivity index (χ0n) is 16.1. The molecule has 27 heavy (non-hydrogen) atoms. The summed E-state index contributed by atoms with van der Waals surface area (Å²) in [5, 5.41) is 9.75. The molecule has 0 radical (unpaired) electrons. The fourth-order valence-corrected chi connectivity index (χ4v) is 3.61. The lowest BCUT2D eigenvalue weighted by molar-refractivity contribution is -0.116. The van der Waals surface area contributed by atoms with Gasteiger partial charge in [-0.3, -0.25) is 9.78 Å². The first-order valence-electron chi connectivity index (χ1n) is 8.97. The van der Waals surface area contributed by atoms with Gasteiger partial charge in [0.2, 0.25) is 5.91 Å². The Balaban J connectivity index is 2.14. The lowest BCUT2D eigenvalue weighted by atomic mass is 9.90. The van der Waals surface area contributed by atoms with Crippen LogP contribution in [0.4, 0.5) is 10.1 Å². The summed E-state index contributed by atoms with van der Waals surface area (Å²) in [6, 6.07) is 8.24. The third-order valence-corrected chi connectivity index (χ3v) is 5.04. The van der Waals surface area contributed by atoms with Gasteiger partial charge >= 0.3 is 0 Å². The van der Waals surface area contributed by atoms with E-state index in [1.54, 1.807) is 24.0 Å². The molecule has 2 heterocycles. The van der Waals surface area contributed by atoms with Crippen molar-refractivity contribution in [2.24, 2.45) is 0 Å². The molecule has 0 saturated heterocycles. The molecule has 1 aromatic carbocycles. The van der Waals surface area contributed by atoms with Crippen molar-refractivity contribution >= 4 is 11.6 Å². The maximum atomic E-state index is 13.2. The summed E-state index contributed by atoms with van der Waals surface area (Å²) >= 11 is 0. The van der Waals surface area contributed by atoms with Gasteiger partial charge in [0.05, 0.1) is 23.7 Å². The van der Waals surface area contributed by atoms with Crippen molar-refractivity contribution in [3.8, 4) is 0 Å². The minimum absolute atomic E-state index is 0.0328. The minimum Gasteiger partial charge on any atom is -0.393 e. The number of amides is 1. The molecule has 1 atom stereocenters. The number of pyridine rings is 1. The van der Waals surface area contributed by atoms with Gasteiger partial charge < -0.3 is 14.7 Å². The summed E-state index contributed by atoms with van der Waals surface area (Å²) in [4.78, 5) is 18.7. The second-order valence-corrected chi connectivity index (χ2v) is 7.60. The molecule has 1 aliphatic rings. The number of halogens is 1. The third kappa shape index (κ3) is 3.73. The van der Waals surface area contributed by atoms with Gasteiger partial charge in [-0.1, -0.05) is 26.0 Å². The molecule has 1 aliphatic heterocycles. The summed E-state index contributed by atoms with van der Waals surface area (Å²) in [7, 11) is 1.53. The van der Waals surface area contributed by atoms with Crippen LogP contribution in [0.2, 0.25) is 0 Å². The number of hydrogen-bond acceptors (Lipinski definition) is 4. The number of aromatic nitrogens is 1. The van der Waals surface area contributed by atoms with E-state index in [0.717, 1.165) is 22.5 Å². The van der Waals surface area contributed by atoms with Crippen LogP contribution in [0.1, 0.15) is 49.4 Å². The number of benzene rings is 1. The quantitative estimate of drug-likeness (QED) is 0.876. The number of hydrogen-bond donors (Lipinski definition) is 1. The predicted molar refractivity (Wildman–Crippen MR) is 101 cm³/mol. The predicted octanol–water partition coefficient (Wildman–Crippen LogP) is 3.14. The smallest absolute Gasteiger partial charge is 0.223 e. The molecule has 0 bridgehead atoms. The van der Waals surface area contributed by atoms with Gasteiger partial charge in [-0.2, -0.15) is 0 Å². The zero-order valence-corrected chi connectivity index (χ0v) is 16.1. The van der Waals surface area contributed by atoms with Crippen LogP contribution in [0.25, 0.3) is 0 Å². The highest BCUT2D eigenvalue weighted by molar-refractivity contribution is 5.94. The third-order valence-electron chi connectivity index (χ3n) is 5.04. The van der Waals surface area contributed by atoms with Gasteiger partial charge in [-0.05, 0) is 35.7 Å². The Morgan fingerprint density at radius 2 is 2.04 bits per heavy atom. The summed E-state index contributed by atoms with van der Waals surface area (Å²) < 4.78 is 18.7. The van der Waals surface area contributed by atoms with Crippen LogP contribution in [0, 0.1) is 5.82 Å². The standard InChI is InChI=1S/C21H25FN2O3/c1-13(26)24-12-21(2,3)20-17(24)10-15(19(23-20)18(11-25)27-4)9-14-5-7-16(22)8-6-14/h5-8,10,18,25H,9,11-12H2,1-4H3. The first kappa shape index (κ1) is 19.5. The number of aliphatic hydroxyl groups is 1. The van der Waals surface area contributed by atoms with Gasteiger partial charge in [0.25, 0.3) is 0 Å². The average molecular weight is 372 g/mol. The monoisotopic (exact) mass is 372 g/mol. The molecule has 3 rings (SSSR count). The molecule has 1 N–H and O–H groups in total.